The highest BCUT2D eigenvalue weighted by Crippen LogP contribution is 2.15. The maximum atomic E-state index is 12.8. The van der Waals surface area contributed by atoms with Gasteiger partial charge < -0.3 is 15.4 Å². The number of quaternary nitrogens is 1. The number of para-hydroxylation sites is 2. The average molecular weight is 381 g/mol. The van der Waals surface area contributed by atoms with Gasteiger partial charge in [-0.3, -0.25) is 14.3 Å². The van der Waals surface area contributed by atoms with Crippen LogP contribution >= 0.6 is 0 Å². The number of nitrogens with two attached hydrogens (primary N) is 1. The van der Waals surface area contributed by atoms with Crippen LogP contribution in [0.2, 0.25) is 0 Å². The van der Waals surface area contributed by atoms with Crippen molar-refractivity contribution in [2.24, 2.45) is 7.05 Å². The van der Waals surface area contributed by atoms with E-state index in [1.54, 1.807) is 23.5 Å². The maximum Gasteiger partial charge on any atom is 0.295 e. The zero-order valence-electron chi connectivity index (χ0n) is 16.3. The normalized spacial score (nSPS) is 10.7. The highest BCUT2D eigenvalue weighted by atomic mass is 16.5. The number of hydrogen-bond acceptors (Lipinski definition) is 3. The zero-order chi connectivity index (χ0) is 20.1. The lowest BCUT2D eigenvalue weighted by Crippen LogP contribution is -2.84. The number of carbonyl (C=O) groups is 1. The summed E-state index contributed by atoms with van der Waals surface area (Å²) in [6.45, 7) is 2.63. The maximum absolute atomic E-state index is 12.8. The van der Waals surface area contributed by atoms with Crippen LogP contribution in [0.1, 0.15) is 11.3 Å². The van der Waals surface area contributed by atoms with Crippen LogP contribution in [0.15, 0.2) is 59.4 Å². The number of methoxy groups -OCH3 is 1. The van der Waals surface area contributed by atoms with Crippen molar-refractivity contribution in [1.82, 2.24) is 9.36 Å². The lowest BCUT2D eigenvalue weighted by atomic mass is 10.2. The quantitative estimate of drug-likeness (QED) is 0.645. The molecule has 3 N–H and O–H groups in total. The Labute approximate surface area is 163 Å². The Kier molecular flexibility index (Phi) is 5.96. The van der Waals surface area contributed by atoms with Crippen molar-refractivity contribution < 1.29 is 14.8 Å². The molecule has 0 unspecified atom stereocenters. The standard InChI is InChI=1S/C21H24N4O3/c1-15-20(21(27)25(24(15)2)17-10-5-4-6-11-17)23-19(26)14-22-13-16-9-7-8-12-18(16)28-3/h4-12,22H,13-14H2,1-3H3,(H,23,26)/p+1. The van der Waals surface area contributed by atoms with Gasteiger partial charge in [-0.2, -0.15) is 0 Å². The highest BCUT2D eigenvalue weighted by molar-refractivity contribution is 5.91. The summed E-state index contributed by atoms with van der Waals surface area (Å²) in [6, 6.07) is 17.0. The molecule has 0 fully saturated rings. The second-order valence-corrected chi connectivity index (χ2v) is 6.49. The second kappa shape index (κ2) is 8.58. The third kappa shape index (κ3) is 3.99. The van der Waals surface area contributed by atoms with E-state index in [1.807, 2.05) is 66.8 Å². The molecule has 3 rings (SSSR count). The molecule has 0 radical (unpaired) electrons. The Morgan fingerprint density at radius 3 is 2.50 bits per heavy atom. The van der Waals surface area contributed by atoms with Gasteiger partial charge in [0.25, 0.3) is 11.5 Å². The van der Waals surface area contributed by atoms with Crippen molar-refractivity contribution in [1.29, 1.82) is 0 Å². The van der Waals surface area contributed by atoms with Crippen molar-refractivity contribution in [2.75, 3.05) is 19.0 Å². The fraction of sp³-hybridized carbons (Fsp3) is 0.238. The number of benzene rings is 2. The first kappa shape index (κ1) is 19.4. The smallest absolute Gasteiger partial charge is 0.295 e. The third-order valence-electron chi connectivity index (χ3n) is 4.71. The van der Waals surface area contributed by atoms with Crippen molar-refractivity contribution in [3.05, 3.63) is 76.2 Å². The molecule has 2 aromatic carbocycles. The van der Waals surface area contributed by atoms with Gasteiger partial charge in [0.1, 0.15) is 18.0 Å². The van der Waals surface area contributed by atoms with Gasteiger partial charge in [0.05, 0.1) is 18.5 Å². The molecule has 0 saturated carbocycles. The number of ether oxygens (including phenoxy) is 1. The molecule has 0 bridgehead atoms. The molecule has 7 heteroatoms. The van der Waals surface area contributed by atoms with Crippen molar-refractivity contribution >= 4 is 11.6 Å². The van der Waals surface area contributed by atoms with Gasteiger partial charge in [-0.1, -0.05) is 30.3 Å². The van der Waals surface area contributed by atoms with Crippen molar-refractivity contribution in [3.8, 4) is 11.4 Å². The van der Waals surface area contributed by atoms with Gasteiger partial charge in [-0.25, -0.2) is 4.68 Å². The summed E-state index contributed by atoms with van der Waals surface area (Å²) in [4.78, 5) is 25.2. The summed E-state index contributed by atoms with van der Waals surface area (Å²) in [6.07, 6.45) is 0. The van der Waals surface area contributed by atoms with Crippen LogP contribution in [0.25, 0.3) is 5.69 Å². The molecule has 0 atom stereocenters. The lowest BCUT2D eigenvalue weighted by Gasteiger charge is -2.07. The summed E-state index contributed by atoms with van der Waals surface area (Å²) in [7, 11) is 3.43. The number of hydrogen-bond donors (Lipinski definition) is 2. The predicted molar refractivity (Wildman–Crippen MR) is 108 cm³/mol. The number of rotatable bonds is 7. The van der Waals surface area contributed by atoms with E-state index in [1.165, 1.54) is 0 Å². The van der Waals surface area contributed by atoms with Gasteiger partial charge in [0, 0.05) is 12.6 Å². The summed E-state index contributed by atoms with van der Waals surface area (Å²) in [5.74, 6) is 0.574. The first-order valence-corrected chi connectivity index (χ1v) is 9.10. The lowest BCUT2D eigenvalue weighted by molar-refractivity contribution is -0.659. The topological polar surface area (TPSA) is 81.9 Å². The van der Waals surface area contributed by atoms with Crippen LogP contribution in [-0.4, -0.2) is 28.9 Å². The molecule has 3 aromatic rings. The molecule has 1 heterocycles. The minimum absolute atomic E-state index is 0.206. The first-order chi connectivity index (χ1) is 13.5. The summed E-state index contributed by atoms with van der Waals surface area (Å²) in [5, 5.41) is 4.64. The monoisotopic (exact) mass is 381 g/mol. The van der Waals surface area contributed by atoms with E-state index in [0.717, 1.165) is 17.0 Å². The number of aromatic nitrogens is 2. The Bertz CT molecular complexity index is 1020. The van der Waals surface area contributed by atoms with E-state index >= 15 is 0 Å². The molecule has 0 aliphatic rings. The molecule has 0 saturated heterocycles. The fourth-order valence-electron chi connectivity index (χ4n) is 3.13. The molecule has 7 nitrogen and oxygen atoms in total. The van der Waals surface area contributed by atoms with Gasteiger partial charge in [-0.05, 0) is 31.2 Å². The van der Waals surface area contributed by atoms with Gasteiger partial charge in [0.2, 0.25) is 0 Å². The Hall–Kier alpha value is -3.32. The minimum atomic E-state index is -0.246. The Morgan fingerprint density at radius 2 is 1.79 bits per heavy atom. The van der Waals surface area contributed by atoms with Crippen LogP contribution in [0, 0.1) is 6.92 Å². The summed E-state index contributed by atoms with van der Waals surface area (Å²) >= 11 is 0. The van der Waals surface area contributed by atoms with E-state index in [0.29, 0.717) is 17.9 Å². The van der Waals surface area contributed by atoms with Crippen LogP contribution in [0.4, 0.5) is 5.69 Å². The average Bonchev–Trinajstić information content (AvgIpc) is 2.92. The fourth-order valence-corrected chi connectivity index (χ4v) is 3.13. The molecular weight excluding hydrogens is 356 g/mol. The van der Waals surface area contributed by atoms with Crippen LogP contribution in [-0.2, 0) is 18.4 Å². The number of amides is 1. The highest BCUT2D eigenvalue weighted by Gasteiger charge is 2.18. The molecule has 0 spiro atoms. The van der Waals surface area contributed by atoms with Gasteiger partial charge in [-0.15, -0.1) is 0 Å². The Morgan fingerprint density at radius 1 is 1.11 bits per heavy atom. The predicted octanol–water partition coefficient (Wildman–Crippen LogP) is 1.20. The van der Waals surface area contributed by atoms with Crippen molar-refractivity contribution in [2.45, 2.75) is 13.5 Å². The van der Waals surface area contributed by atoms with E-state index in [4.69, 9.17) is 4.74 Å². The first-order valence-electron chi connectivity index (χ1n) is 9.10. The molecule has 1 amide bonds. The van der Waals surface area contributed by atoms with Gasteiger partial charge >= 0.3 is 0 Å². The van der Waals surface area contributed by atoms with Crippen LogP contribution in [0.3, 0.4) is 0 Å². The molecular formula is C21H25N4O3+. The van der Waals surface area contributed by atoms with Gasteiger partial charge in [0.15, 0.2) is 6.54 Å². The molecule has 0 aliphatic heterocycles. The third-order valence-corrected chi connectivity index (χ3v) is 4.71. The Balaban J connectivity index is 1.69. The minimum Gasteiger partial charge on any atom is -0.496 e. The molecule has 146 valence electrons. The molecule has 0 aliphatic carbocycles. The number of nitrogens with zero attached hydrogens (tertiary/aromatic N) is 2. The summed E-state index contributed by atoms with van der Waals surface area (Å²) in [5.41, 5.74) is 2.53. The van der Waals surface area contributed by atoms with Crippen molar-refractivity contribution in [3.63, 3.8) is 0 Å². The van der Waals surface area contributed by atoms with Crippen LogP contribution in [0.5, 0.6) is 5.75 Å². The largest absolute Gasteiger partial charge is 0.496 e. The summed E-state index contributed by atoms with van der Waals surface area (Å²) < 4.78 is 8.61. The number of anilines is 1. The number of nitrogens with one attached hydrogen (secondary N) is 1. The van der Waals surface area contributed by atoms with Crippen LogP contribution < -0.4 is 20.9 Å². The second-order valence-electron chi connectivity index (χ2n) is 6.49. The zero-order valence-corrected chi connectivity index (χ0v) is 16.3. The van der Waals surface area contributed by atoms with E-state index in [-0.39, 0.29) is 18.0 Å². The molecule has 28 heavy (non-hydrogen) atoms. The van der Waals surface area contributed by atoms with E-state index in [9.17, 15) is 9.59 Å². The number of carbonyl (C=O) groups excluding carboxylic acids is 1. The SMILES string of the molecule is COc1ccccc1C[NH2+]CC(=O)Nc1c(C)n(C)n(-c2ccccc2)c1=O. The van der Waals surface area contributed by atoms with E-state index in [2.05, 4.69) is 5.32 Å². The molecule has 1 aromatic heterocycles. The van der Waals surface area contributed by atoms with E-state index < -0.39 is 0 Å².